The highest BCUT2D eigenvalue weighted by Gasteiger charge is 2.47. The summed E-state index contributed by atoms with van der Waals surface area (Å²) < 4.78 is 66.3. The van der Waals surface area contributed by atoms with Gasteiger partial charge >= 0.3 is 35.2 Å². The molecular weight excluding hydrogens is 882 g/mol. The minimum Gasteiger partial charge on any atom is -0.463 e. The highest BCUT2D eigenvalue weighted by molar-refractivity contribution is 6.89. The Morgan fingerprint density at radius 2 is 0.703 bits per heavy atom. The van der Waals surface area contributed by atoms with Gasteiger partial charge in [0.2, 0.25) is 0 Å². The third-order valence-electron chi connectivity index (χ3n) is 6.62. The minimum atomic E-state index is -4.19. The van der Waals surface area contributed by atoms with Gasteiger partial charge in [0.05, 0.1) is 13.2 Å². The van der Waals surface area contributed by atoms with Crippen LogP contribution >= 0.6 is 0 Å². The van der Waals surface area contributed by atoms with Crippen LogP contribution in [0.1, 0.15) is 137 Å². The van der Waals surface area contributed by atoms with Crippen molar-refractivity contribution < 1.29 is 44.6 Å². The summed E-state index contributed by atoms with van der Waals surface area (Å²) in [5.41, 5.74) is 0.902. The Morgan fingerprint density at radius 1 is 0.469 bits per heavy atom. The molecule has 0 spiro atoms. The molecule has 0 fully saturated rings. The predicted molar refractivity (Wildman–Crippen MR) is 300 cm³/mol. The normalized spacial score (nSPS) is 9.94. The van der Waals surface area contributed by atoms with Crippen LogP contribution in [0.25, 0.3) is 0 Å². The average Bonchev–Trinajstić information content (AvgIpc) is 3.05. The first-order chi connectivity index (χ1) is 23.8. The standard InChI is InChI=1S/C14H35F3O3Si4.2C6H10O2.2C6H6.12CH4/c1-10-21(3,4)18-23(7,8)20-24(9,13-12-14(15,16)17)19-22(5,6)11-2;2*1-4-8-6(7)5(2)3;2*1-2-4-6-5-3-1;;;;;;;;;;;;/h10-13H2,1-9H3;2*2,4H2,1,3H3;2*1-6H;12*1H4. The fourth-order valence-corrected chi connectivity index (χ4v) is 21.7. The molecule has 0 saturated heterocycles. The zero-order chi connectivity index (χ0) is 41.1. The molecule has 394 valence electrons. The topological polar surface area (TPSA) is 80.3 Å². The molecule has 64 heavy (non-hydrogen) atoms. The third-order valence-corrected chi connectivity index (χ3v) is 23.0. The lowest BCUT2D eigenvalue weighted by molar-refractivity contribution is -0.139. The molecule has 0 aliphatic heterocycles. The highest BCUT2D eigenvalue weighted by atomic mass is 28.5. The van der Waals surface area contributed by atoms with Crippen molar-refractivity contribution in [3.8, 4) is 0 Å². The number of alkyl halides is 3. The number of esters is 2. The zero-order valence-corrected chi connectivity index (χ0v) is 38.1. The monoisotopic (exact) mass is 997 g/mol. The van der Waals surface area contributed by atoms with Crippen LogP contribution in [0.2, 0.25) is 64.0 Å². The first-order valence-electron chi connectivity index (χ1n) is 17.6. The van der Waals surface area contributed by atoms with E-state index in [1.807, 2.05) is 106 Å². The van der Waals surface area contributed by atoms with Crippen LogP contribution in [0.5, 0.6) is 0 Å². The van der Waals surface area contributed by atoms with Gasteiger partial charge in [-0.25, -0.2) is 9.59 Å². The summed E-state index contributed by atoms with van der Waals surface area (Å²) in [5, 5.41) is 0. The van der Waals surface area contributed by atoms with E-state index in [9.17, 15) is 22.8 Å². The van der Waals surface area contributed by atoms with E-state index in [1.165, 1.54) is 0 Å². The van der Waals surface area contributed by atoms with E-state index in [1.54, 1.807) is 34.2 Å². The van der Waals surface area contributed by atoms with Crippen LogP contribution in [0.4, 0.5) is 13.2 Å². The molecule has 2 aromatic carbocycles. The van der Waals surface area contributed by atoms with Crippen molar-refractivity contribution in [3.05, 3.63) is 97.1 Å². The lowest BCUT2D eigenvalue weighted by Crippen LogP contribution is -2.57. The number of hydrogen-bond acceptors (Lipinski definition) is 7. The fraction of sp³-hybridized carbons (Fsp3) is 0.640. The van der Waals surface area contributed by atoms with Crippen molar-refractivity contribution >= 4 is 45.7 Å². The molecule has 7 nitrogen and oxygen atoms in total. The van der Waals surface area contributed by atoms with Crippen LogP contribution in [0, 0.1) is 0 Å². The molecule has 0 bridgehead atoms. The molecule has 0 aliphatic rings. The van der Waals surface area contributed by atoms with Crippen LogP contribution < -0.4 is 0 Å². The zero-order valence-electron chi connectivity index (χ0n) is 34.1. The summed E-state index contributed by atoms with van der Waals surface area (Å²) in [7, 11) is -9.39. The van der Waals surface area contributed by atoms with E-state index in [0.717, 1.165) is 12.1 Å². The van der Waals surface area contributed by atoms with Gasteiger partial charge < -0.3 is 21.8 Å². The van der Waals surface area contributed by atoms with Crippen molar-refractivity contribution in [1.82, 2.24) is 0 Å². The van der Waals surface area contributed by atoms with Crippen molar-refractivity contribution in [2.45, 2.75) is 207 Å². The molecule has 0 aliphatic carbocycles. The first kappa shape index (κ1) is 104. The van der Waals surface area contributed by atoms with Crippen LogP contribution in [-0.2, 0) is 31.4 Å². The second-order valence-corrected chi connectivity index (χ2v) is 30.0. The number of carbonyl (C=O) groups excluding carboxylic acids is 2. The van der Waals surface area contributed by atoms with Crippen molar-refractivity contribution in [3.63, 3.8) is 0 Å². The Labute approximate surface area is 406 Å². The molecule has 0 N–H and O–H groups in total. The number of halogens is 3. The van der Waals surface area contributed by atoms with Crippen molar-refractivity contribution in [2.24, 2.45) is 0 Å². The SMILES string of the molecule is C.C.C.C.C.C.C.C.C.C.C.C.C=C(C)C(=O)OCC.C=C(C)C(=O)OCC.CC[Si](C)(C)O[Si](C)(C)O[Si](C)(CCC(F)(F)F)O[Si](C)(C)CC.c1ccccc1.c1ccccc1. The first-order valence-corrected chi connectivity index (χ1v) is 29.2. The third kappa shape index (κ3) is 68.5. The fourth-order valence-electron chi connectivity index (χ4n) is 3.71. The average molecular weight is 998 g/mol. The molecule has 2 aromatic rings. The van der Waals surface area contributed by atoms with Crippen LogP contribution in [-0.4, -0.2) is 65.1 Å². The number of benzene rings is 2. The Morgan fingerprint density at radius 3 is 0.875 bits per heavy atom. The van der Waals surface area contributed by atoms with Gasteiger partial charge in [-0.2, -0.15) is 13.2 Å². The molecular formula is C50H115F3O7Si4. The Balaban J connectivity index is -0.0000000389. The molecule has 0 heterocycles. The molecule has 1 atom stereocenters. The van der Waals surface area contributed by atoms with Gasteiger partial charge in [0, 0.05) is 17.6 Å². The summed E-state index contributed by atoms with van der Waals surface area (Å²) in [6.45, 7) is 32.5. The second-order valence-electron chi connectivity index (χ2n) is 13.5. The Bertz CT molecular complexity index is 1140. The highest BCUT2D eigenvalue weighted by Crippen LogP contribution is 2.33. The van der Waals surface area contributed by atoms with E-state index in [2.05, 4.69) is 42.6 Å². The molecule has 0 amide bonds. The van der Waals surface area contributed by atoms with Gasteiger partial charge in [-0.05, 0) is 91.7 Å². The quantitative estimate of drug-likeness (QED) is 0.106. The van der Waals surface area contributed by atoms with Crippen LogP contribution in [0.3, 0.4) is 0 Å². The molecule has 14 heteroatoms. The lowest BCUT2D eigenvalue weighted by Gasteiger charge is -2.42. The lowest BCUT2D eigenvalue weighted by atomic mass is 10.4. The van der Waals surface area contributed by atoms with Gasteiger partial charge in [-0.15, -0.1) is 0 Å². The number of rotatable bonds is 14. The van der Waals surface area contributed by atoms with Gasteiger partial charge in [0.1, 0.15) is 0 Å². The van der Waals surface area contributed by atoms with E-state index >= 15 is 0 Å². The summed E-state index contributed by atoms with van der Waals surface area (Å²) in [4.78, 5) is 20.8. The smallest absolute Gasteiger partial charge is 0.389 e. The van der Waals surface area contributed by atoms with Gasteiger partial charge in [0.25, 0.3) is 0 Å². The van der Waals surface area contributed by atoms with E-state index in [0.29, 0.717) is 24.4 Å². The van der Waals surface area contributed by atoms with Crippen molar-refractivity contribution in [1.29, 1.82) is 0 Å². The summed E-state index contributed by atoms with van der Waals surface area (Å²) >= 11 is 0. The van der Waals surface area contributed by atoms with Crippen LogP contribution in [0.15, 0.2) is 97.1 Å². The van der Waals surface area contributed by atoms with E-state index in [4.69, 9.17) is 12.3 Å². The summed E-state index contributed by atoms with van der Waals surface area (Å²) in [6.07, 6.45) is -5.05. The summed E-state index contributed by atoms with van der Waals surface area (Å²) in [5.74, 6) is -0.625. The van der Waals surface area contributed by atoms with Gasteiger partial charge in [-0.3, -0.25) is 0 Å². The molecule has 2 rings (SSSR count). The maximum Gasteiger partial charge on any atom is 0.389 e. The maximum absolute atomic E-state index is 12.8. The van der Waals surface area contributed by atoms with Gasteiger partial charge in [0.15, 0.2) is 16.6 Å². The number of ether oxygens (including phenoxy) is 2. The molecule has 0 aromatic heterocycles. The number of carbonyl (C=O) groups is 2. The van der Waals surface area contributed by atoms with E-state index < -0.39 is 46.4 Å². The van der Waals surface area contributed by atoms with Crippen molar-refractivity contribution in [2.75, 3.05) is 13.2 Å². The Kier molecular flexibility index (Phi) is 89.0. The maximum atomic E-state index is 12.8. The van der Waals surface area contributed by atoms with Gasteiger partial charge in [-0.1, -0.05) is 189 Å². The Hall–Kier alpha value is -2.60. The number of hydrogen-bond donors (Lipinski definition) is 0. The largest absolute Gasteiger partial charge is 0.463 e. The molecule has 0 radical (unpaired) electrons. The minimum absolute atomic E-state index is 0. The predicted octanol–water partition coefficient (Wildman–Crippen LogP) is 19.5. The second kappa shape index (κ2) is 54.7. The molecule has 1 unspecified atom stereocenters. The summed E-state index contributed by atoms with van der Waals surface area (Å²) in [6, 6.07) is 25.7. The molecule has 0 saturated carbocycles. The van der Waals surface area contributed by atoms with E-state index in [-0.39, 0.29) is 107 Å².